The van der Waals surface area contributed by atoms with Crippen molar-refractivity contribution >= 4 is 17.1 Å². The van der Waals surface area contributed by atoms with Crippen LogP contribution < -0.4 is 15.4 Å². The lowest BCUT2D eigenvalue weighted by Gasteiger charge is -2.22. The number of benzene rings is 2. The SMILES string of the molecule is CCOc1cc(N(C)c2cccc(C#N)c2)c(N)cc1F. The molecule has 0 amide bonds. The molecule has 0 aromatic heterocycles. The molecule has 0 radical (unpaired) electrons. The first-order chi connectivity index (χ1) is 10.1. The van der Waals surface area contributed by atoms with E-state index in [1.165, 1.54) is 6.07 Å². The number of nitrogens with zero attached hydrogens (tertiary/aromatic N) is 2. The van der Waals surface area contributed by atoms with Crippen LogP contribution in [-0.4, -0.2) is 13.7 Å². The highest BCUT2D eigenvalue weighted by atomic mass is 19.1. The van der Waals surface area contributed by atoms with E-state index in [0.717, 1.165) is 5.69 Å². The monoisotopic (exact) mass is 285 g/mol. The van der Waals surface area contributed by atoms with E-state index in [2.05, 4.69) is 6.07 Å². The molecule has 4 nitrogen and oxygen atoms in total. The van der Waals surface area contributed by atoms with Crippen molar-refractivity contribution in [2.45, 2.75) is 6.92 Å². The third-order valence-corrected chi connectivity index (χ3v) is 3.10. The van der Waals surface area contributed by atoms with Crippen molar-refractivity contribution in [3.05, 3.63) is 47.8 Å². The maximum Gasteiger partial charge on any atom is 0.167 e. The molecule has 2 aromatic carbocycles. The van der Waals surface area contributed by atoms with Crippen LogP contribution in [0.4, 0.5) is 21.5 Å². The van der Waals surface area contributed by atoms with Crippen molar-refractivity contribution in [1.82, 2.24) is 0 Å². The summed E-state index contributed by atoms with van der Waals surface area (Å²) in [4.78, 5) is 1.79. The second-order valence-corrected chi connectivity index (χ2v) is 4.50. The Kier molecular flexibility index (Phi) is 4.29. The Morgan fingerprint density at radius 2 is 2.10 bits per heavy atom. The van der Waals surface area contributed by atoms with Crippen LogP contribution in [0.1, 0.15) is 12.5 Å². The fourth-order valence-electron chi connectivity index (χ4n) is 2.04. The van der Waals surface area contributed by atoms with Gasteiger partial charge in [0.15, 0.2) is 11.6 Å². The number of hydrogen-bond donors (Lipinski definition) is 1. The number of rotatable bonds is 4. The number of ether oxygens (including phenoxy) is 1. The standard InChI is InChI=1S/C16H16FN3O/c1-3-21-16-9-15(14(19)8-13(16)17)20(2)12-6-4-5-11(7-12)10-18/h4-9H,3,19H2,1-2H3. The Hall–Kier alpha value is -2.74. The smallest absolute Gasteiger partial charge is 0.167 e. The number of hydrogen-bond acceptors (Lipinski definition) is 4. The van der Waals surface area contributed by atoms with Crippen molar-refractivity contribution in [1.29, 1.82) is 5.26 Å². The van der Waals surface area contributed by atoms with Gasteiger partial charge in [-0.15, -0.1) is 0 Å². The zero-order valence-corrected chi connectivity index (χ0v) is 11.9. The number of nitriles is 1. The summed E-state index contributed by atoms with van der Waals surface area (Å²) in [5, 5.41) is 8.96. The van der Waals surface area contributed by atoms with E-state index in [0.29, 0.717) is 23.5 Å². The van der Waals surface area contributed by atoms with Gasteiger partial charge in [-0.25, -0.2) is 4.39 Å². The van der Waals surface area contributed by atoms with Gasteiger partial charge in [0.05, 0.1) is 29.6 Å². The van der Waals surface area contributed by atoms with Crippen molar-refractivity contribution < 1.29 is 9.13 Å². The van der Waals surface area contributed by atoms with Crippen LogP contribution in [0.3, 0.4) is 0 Å². The molecule has 0 spiro atoms. The Labute approximate surface area is 123 Å². The van der Waals surface area contributed by atoms with Gasteiger partial charge in [0.25, 0.3) is 0 Å². The first-order valence-electron chi connectivity index (χ1n) is 6.52. The summed E-state index contributed by atoms with van der Waals surface area (Å²) < 4.78 is 19.0. The lowest BCUT2D eigenvalue weighted by atomic mass is 10.1. The predicted octanol–water partition coefficient (Wildman–Crippen LogP) is 3.45. The van der Waals surface area contributed by atoms with Gasteiger partial charge in [-0.3, -0.25) is 0 Å². The van der Waals surface area contributed by atoms with E-state index in [1.54, 1.807) is 43.1 Å². The first-order valence-corrected chi connectivity index (χ1v) is 6.52. The Morgan fingerprint density at radius 3 is 2.76 bits per heavy atom. The maximum absolute atomic E-state index is 13.7. The molecule has 0 aliphatic carbocycles. The molecule has 0 unspecified atom stereocenters. The van der Waals surface area contributed by atoms with E-state index in [1.807, 2.05) is 6.07 Å². The minimum Gasteiger partial charge on any atom is -0.491 e. The van der Waals surface area contributed by atoms with Crippen LogP contribution in [0.25, 0.3) is 0 Å². The molecule has 2 N–H and O–H groups in total. The zero-order chi connectivity index (χ0) is 15.4. The van der Waals surface area contributed by atoms with Crippen LogP contribution in [0, 0.1) is 17.1 Å². The fourth-order valence-corrected chi connectivity index (χ4v) is 2.04. The summed E-state index contributed by atoms with van der Waals surface area (Å²) in [6, 6.07) is 12.0. The highest BCUT2D eigenvalue weighted by Gasteiger charge is 2.13. The van der Waals surface area contributed by atoms with Crippen molar-refractivity contribution in [3.63, 3.8) is 0 Å². The normalized spacial score (nSPS) is 10.0. The molecule has 0 atom stereocenters. The van der Waals surface area contributed by atoms with Gasteiger partial charge in [0.1, 0.15) is 0 Å². The minimum atomic E-state index is -0.489. The number of nitrogens with two attached hydrogens (primary N) is 1. The molecule has 0 fully saturated rings. The molecule has 21 heavy (non-hydrogen) atoms. The number of halogens is 1. The lowest BCUT2D eigenvalue weighted by molar-refractivity contribution is 0.322. The highest BCUT2D eigenvalue weighted by molar-refractivity contribution is 5.76. The topological polar surface area (TPSA) is 62.3 Å². The molecule has 108 valence electrons. The summed E-state index contributed by atoms with van der Waals surface area (Å²) in [6.45, 7) is 2.16. The average Bonchev–Trinajstić information content (AvgIpc) is 2.49. The second-order valence-electron chi connectivity index (χ2n) is 4.50. The van der Waals surface area contributed by atoms with Crippen LogP contribution in [-0.2, 0) is 0 Å². The van der Waals surface area contributed by atoms with Crippen LogP contribution in [0.5, 0.6) is 5.75 Å². The lowest BCUT2D eigenvalue weighted by Crippen LogP contribution is -2.12. The van der Waals surface area contributed by atoms with Gasteiger partial charge in [-0.05, 0) is 25.1 Å². The van der Waals surface area contributed by atoms with E-state index in [4.69, 9.17) is 15.7 Å². The van der Waals surface area contributed by atoms with Gasteiger partial charge in [0, 0.05) is 24.9 Å². The second kappa shape index (κ2) is 6.14. The largest absolute Gasteiger partial charge is 0.491 e. The molecule has 5 heteroatoms. The van der Waals surface area contributed by atoms with Crippen LogP contribution in [0.15, 0.2) is 36.4 Å². The molecular formula is C16H16FN3O. The summed E-state index contributed by atoms with van der Waals surface area (Å²) in [7, 11) is 1.80. The summed E-state index contributed by atoms with van der Waals surface area (Å²) in [6.07, 6.45) is 0. The van der Waals surface area contributed by atoms with Gasteiger partial charge in [-0.1, -0.05) is 6.07 Å². The quantitative estimate of drug-likeness (QED) is 0.874. The van der Waals surface area contributed by atoms with Crippen LogP contribution >= 0.6 is 0 Å². The van der Waals surface area contributed by atoms with E-state index in [9.17, 15) is 4.39 Å². The van der Waals surface area contributed by atoms with Crippen molar-refractivity contribution in [3.8, 4) is 11.8 Å². The first kappa shape index (κ1) is 14.7. The van der Waals surface area contributed by atoms with Gasteiger partial charge >= 0.3 is 0 Å². The molecule has 2 aromatic rings. The van der Waals surface area contributed by atoms with E-state index in [-0.39, 0.29) is 5.75 Å². The highest BCUT2D eigenvalue weighted by Crippen LogP contribution is 2.34. The summed E-state index contributed by atoms with van der Waals surface area (Å²) >= 11 is 0. The maximum atomic E-state index is 13.7. The van der Waals surface area contributed by atoms with Gasteiger partial charge < -0.3 is 15.4 Å². The van der Waals surface area contributed by atoms with Crippen molar-refractivity contribution in [2.24, 2.45) is 0 Å². The van der Waals surface area contributed by atoms with E-state index >= 15 is 0 Å². The Bertz CT molecular complexity index is 694. The summed E-state index contributed by atoms with van der Waals surface area (Å²) in [5.74, 6) is -0.331. The fraction of sp³-hybridized carbons (Fsp3) is 0.188. The Morgan fingerprint density at radius 1 is 1.33 bits per heavy atom. The molecule has 2 rings (SSSR count). The van der Waals surface area contributed by atoms with Gasteiger partial charge in [-0.2, -0.15) is 5.26 Å². The third kappa shape index (κ3) is 3.06. The van der Waals surface area contributed by atoms with Crippen LogP contribution in [0.2, 0.25) is 0 Å². The Balaban J connectivity index is 2.44. The summed E-state index contributed by atoms with van der Waals surface area (Å²) in [5.41, 5.74) is 8.15. The number of nitrogen functional groups attached to an aromatic ring is 1. The average molecular weight is 285 g/mol. The molecule has 0 heterocycles. The molecule has 0 bridgehead atoms. The number of anilines is 3. The molecule has 0 aliphatic rings. The zero-order valence-electron chi connectivity index (χ0n) is 11.9. The van der Waals surface area contributed by atoms with Crippen molar-refractivity contribution in [2.75, 3.05) is 24.3 Å². The predicted molar refractivity (Wildman–Crippen MR) is 81.2 cm³/mol. The van der Waals surface area contributed by atoms with Gasteiger partial charge in [0.2, 0.25) is 0 Å². The minimum absolute atomic E-state index is 0.157. The molecule has 0 saturated heterocycles. The third-order valence-electron chi connectivity index (χ3n) is 3.10. The molecule has 0 saturated carbocycles. The molecular weight excluding hydrogens is 269 g/mol. The van der Waals surface area contributed by atoms with E-state index < -0.39 is 5.82 Å². The molecule has 0 aliphatic heterocycles.